The lowest BCUT2D eigenvalue weighted by Crippen LogP contribution is -2.19. The summed E-state index contributed by atoms with van der Waals surface area (Å²) in [6.45, 7) is 0. The third kappa shape index (κ3) is 4.64. The molecule has 2 N–H and O–H groups in total. The van der Waals surface area contributed by atoms with Gasteiger partial charge >= 0.3 is 5.97 Å². The number of pyridine rings is 1. The number of rotatable bonds is 5. The van der Waals surface area contributed by atoms with E-state index >= 15 is 0 Å². The van der Waals surface area contributed by atoms with E-state index in [0.717, 1.165) is 24.1 Å². The van der Waals surface area contributed by atoms with Crippen LogP contribution in [0.3, 0.4) is 0 Å². The molecule has 0 aromatic carbocycles. The van der Waals surface area contributed by atoms with Gasteiger partial charge in [-0.15, -0.1) is 22.9 Å². The van der Waals surface area contributed by atoms with Crippen LogP contribution in [0, 0.1) is 23.7 Å². The van der Waals surface area contributed by atoms with Gasteiger partial charge in [-0.05, 0) is 61.8 Å². The van der Waals surface area contributed by atoms with Crippen molar-refractivity contribution in [2.24, 2.45) is 11.8 Å². The van der Waals surface area contributed by atoms with E-state index in [1.807, 2.05) is 24.3 Å². The first-order valence-corrected chi connectivity index (χ1v) is 9.86. The van der Waals surface area contributed by atoms with Crippen LogP contribution in [0.15, 0.2) is 36.5 Å². The lowest BCUT2D eigenvalue weighted by Gasteiger charge is -2.18. The Labute approximate surface area is 161 Å². The average molecular weight is 390 g/mol. The number of aliphatic hydroxyl groups excluding tert-OH is 1. The zero-order valence-electron chi connectivity index (χ0n) is 14.1. The van der Waals surface area contributed by atoms with E-state index in [9.17, 15) is 9.90 Å². The van der Waals surface area contributed by atoms with Gasteiger partial charge in [0.2, 0.25) is 0 Å². The van der Waals surface area contributed by atoms with E-state index in [-0.39, 0.29) is 17.2 Å². The van der Waals surface area contributed by atoms with Crippen molar-refractivity contribution in [2.45, 2.75) is 37.2 Å². The second kappa shape index (κ2) is 8.68. The summed E-state index contributed by atoms with van der Waals surface area (Å²) in [6.07, 6.45) is 4.29. The van der Waals surface area contributed by atoms with Gasteiger partial charge in [0.15, 0.2) is 0 Å². The van der Waals surface area contributed by atoms with Gasteiger partial charge in [0.25, 0.3) is 0 Å². The minimum atomic E-state index is -0.883. The highest BCUT2D eigenvalue weighted by Crippen LogP contribution is 2.39. The van der Waals surface area contributed by atoms with E-state index in [1.165, 1.54) is 11.3 Å². The van der Waals surface area contributed by atoms with Gasteiger partial charge in [-0.1, -0.05) is 12.0 Å². The molecule has 0 amide bonds. The molecule has 136 valence electrons. The molecule has 2 aromatic rings. The molecular formula is C20H20ClNO3S. The molecule has 6 heteroatoms. The summed E-state index contributed by atoms with van der Waals surface area (Å²) in [5.74, 6) is 5.31. The van der Waals surface area contributed by atoms with Crippen LogP contribution in [0.2, 0.25) is 0 Å². The summed E-state index contributed by atoms with van der Waals surface area (Å²) in [4.78, 5) is 16.6. The molecule has 1 aliphatic carbocycles. The number of carboxylic acids is 1. The first-order chi connectivity index (χ1) is 12.5. The van der Waals surface area contributed by atoms with Crippen molar-refractivity contribution in [1.82, 2.24) is 4.98 Å². The molecule has 0 unspecified atom stereocenters. The fraction of sp³-hybridized carbons (Fsp3) is 0.400. The highest BCUT2D eigenvalue weighted by molar-refractivity contribution is 7.13. The molecule has 0 bridgehead atoms. The summed E-state index contributed by atoms with van der Waals surface area (Å²) in [6, 6.07) is 9.09. The number of carbonyl (C=O) groups is 1. The third-order valence-corrected chi connectivity index (χ3v) is 6.31. The van der Waals surface area contributed by atoms with Gasteiger partial charge in [-0.3, -0.25) is 0 Å². The number of hydrogen-bond acceptors (Lipinski definition) is 4. The average Bonchev–Trinajstić information content (AvgIpc) is 3.19. The van der Waals surface area contributed by atoms with Gasteiger partial charge in [0.1, 0.15) is 10.6 Å². The molecule has 0 spiro atoms. The Balaban J connectivity index is 1.61. The SMILES string of the molecule is O=C(O)c1ccc(CCC[C@@H]2[C@@H](C#Cc3ccccn3)[C@H](O)C[C@H]2Cl)s1. The Morgan fingerprint density at radius 3 is 2.88 bits per heavy atom. The second-order valence-electron chi connectivity index (χ2n) is 6.46. The minimum Gasteiger partial charge on any atom is -0.477 e. The number of aromatic carboxylic acids is 1. The van der Waals surface area contributed by atoms with Crippen LogP contribution in [0.25, 0.3) is 0 Å². The number of hydrogen-bond donors (Lipinski definition) is 2. The standard InChI is InChI=1S/C20H20ClNO3S/c21-17-12-18(23)16(9-7-13-4-1-2-11-22-13)15(17)6-3-5-14-8-10-19(26-14)20(24)25/h1-2,4,8,10-11,15-18,23H,3,5-6,12H2,(H,24,25)/t15-,16-,17-,18-/m1/s1. The van der Waals surface area contributed by atoms with Crippen LogP contribution < -0.4 is 0 Å². The van der Waals surface area contributed by atoms with Crippen molar-refractivity contribution >= 4 is 28.9 Å². The molecule has 2 aromatic heterocycles. The largest absolute Gasteiger partial charge is 0.477 e. The van der Waals surface area contributed by atoms with Crippen LogP contribution in [-0.2, 0) is 6.42 Å². The van der Waals surface area contributed by atoms with Crippen molar-refractivity contribution in [3.8, 4) is 11.8 Å². The predicted octanol–water partition coefficient (Wildman–Crippen LogP) is 3.82. The molecule has 0 aliphatic heterocycles. The summed E-state index contributed by atoms with van der Waals surface area (Å²) in [7, 11) is 0. The fourth-order valence-electron chi connectivity index (χ4n) is 3.36. The molecule has 1 fully saturated rings. The van der Waals surface area contributed by atoms with E-state index in [1.54, 1.807) is 12.3 Å². The van der Waals surface area contributed by atoms with Crippen LogP contribution in [0.5, 0.6) is 0 Å². The van der Waals surface area contributed by atoms with Crippen molar-refractivity contribution in [3.63, 3.8) is 0 Å². The molecule has 4 nitrogen and oxygen atoms in total. The number of alkyl halides is 1. The summed E-state index contributed by atoms with van der Waals surface area (Å²) < 4.78 is 0. The van der Waals surface area contributed by atoms with Crippen LogP contribution >= 0.6 is 22.9 Å². The van der Waals surface area contributed by atoms with E-state index in [4.69, 9.17) is 16.7 Å². The van der Waals surface area contributed by atoms with E-state index in [0.29, 0.717) is 17.0 Å². The second-order valence-corrected chi connectivity index (χ2v) is 8.19. The number of aryl methyl sites for hydroxylation is 1. The van der Waals surface area contributed by atoms with Gasteiger partial charge in [0, 0.05) is 16.5 Å². The van der Waals surface area contributed by atoms with E-state index in [2.05, 4.69) is 16.8 Å². The Kier molecular flexibility index (Phi) is 6.31. The fourth-order valence-corrected chi connectivity index (χ4v) is 4.71. The quantitative estimate of drug-likeness (QED) is 0.602. The Morgan fingerprint density at radius 2 is 2.19 bits per heavy atom. The van der Waals surface area contributed by atoms with Crippen molar-refractivity contribution in [3.05, 3.63) is 52.0 Å². The number of nitrogens with zero attached hydrogens (tertiary/aromatic N) is 1. The summed E-state index contributed by atoms with van der Waals surface area (Å²) in [5, 5.41) is 19.2. The molecular weight excluding hydrogens is 370 g/mol. The lowest BCUT2D eigenvalue weighted by molar-refractivity contribution is 0.0702. The number of aromatic nitrogens is 1. The molecule has 4 atom stereocenters. The normalized spacial score (nSPS) is 24.8. The Hall–Kier alpha value is -1.87. The van der Waals surface area contributed by atoms with E-state index < -0.39 is 12.1 Å². The number of aliphatic hydroxyl groups is 1. The minimum absolute atomic E-state index is 0.0917. The highest BCUT2D eigenvalue weighted by atomic mass is 35.5. The molecule has 0 saturated heterocycles. The Morgan fingerprint density at radius 1 is 1.35 bits per heavy atom. The lowest BCUT2D eigenvalue weighted by atomic mass is 9.90. The van der Waals surface area contributed by atoms with Crippen LogP contribution in [-0.4, -0.2) is 32.6 Å². The van der Waals surface area contributed by atoms with Crippen molar-refractivity contribution in [2.75, 3.05) is 0 Å². The first kappa shape index (κ1) is 18.9. The molecule has 1 saturated carbocycles. The maximum atomic E-state index is 11.0. The Bertz CT molecular complexity index is 811. The highest BCUT2D eigenvalue weighted by Gasteiger charge is 2.40. The molecule has 0 radical (unpaired) electrons. The zero-order valence-corrected chi connectivity index (χ0v) is 15.7. The number of carboxylic acid groups (broad SMARTS) is 1. The topological polar surface area (TPSA) is 70.4 Å². The van der Waals surface area contributed by atoms with Gasteiger partial charge in [0.05, 0.1) is 12.0 Å². The summed E-state index contributed by atoms with van der Waals surface area (Å²) in [5.41, 5.74) is 0.691. The van der Waals surface area contributed by atoms with Gasteiger partial charge in [-0.2, -0.15) is 0 Å². The first-order valence-electron chi connectivity index (χ1n) is 8.61. The molecule has 3 rings (SSSR count). The predicted molar refractivity (Wildman–Crippen MR) is 103 cm³/mol. The maximum absolute atomic E-state index is 11.0. The maximum Gasteiger partial charge on any atom is 0.345 e. The number of thiophene rings is 1. The molecule has 1 aliphatic rings. The number of halogens is 1. The van der Waals surface area contributed by atoms with Gasteiger partial charge < -0.3 is 10.2 Å². The zero-order chi connectivity index (χ0) is 18.5. The molecule has 2 heterocycles. The third-order valence-electron chi connectivity index (χ3n) is 4.67. The smallest absolute Gasteiger partial charge is 0.345 e. The van der Waals surface area contributed by atoms with Crippen LogP contribution in [0.4, 0.5) is 0 Å². The monoisotopic (exact) mass is 389 g/mol. The van der Waals surface area contributed by atoms with Gasteiger partial charge in [-0.25, -0.2) is 9.78 Å². The van der Waals surface area contributed by atoms with Crippen molar-refractivity contribution < 1.29 is 15.0 Å². The molecule has 26 heavy (non-hydrogen) atoms. The van der Waals surface area contributed by atoms with Crippen LogP contribution in [0.1, 0.15) is 39.5 Å². The van der Waals surface area contributed by atoms with Crippen molar-refractivity contribution in [1.29, 1.82) is 0 Å². The summed E-state index contributed by atoms with van der Waals surface area (Å²) >= 11 is 7.77.